The number of likely N-dealkylation sites (tertiary alicyclic amines) is 1. The fraction of sp³-hybridized carbons (Fsp3) is 0.289. The van der Waals surface area contributed by atoms with E-state index < -0.39 is 5.60 Å². The van der Waals surface area contributed by atoms with Crippen LogP contribution in [0.5, 0.6) is 5.75 Å². The number of rotatable bonds is 7. The molecule has 4 aromatic carbocycles. The van der Waals surface area contributed by atoms with Gasteiger partial charge in [-0.05, 0) is 112 Å². The minimum Gasteiger partial charge on any atom is -0.486 e. The molecule has 0 radical (unpaired) electrons. The second kappa shape index (κ2) is 12.8. The van der Waals surface area contributed by atoms with Crippen molar-refractivity contribution in [2.45, 2.75) is 52.7 Å². The van der Waals surface area contributed by atoms with Crippen molar-refractivity contribution in [3.63, 3.8) is 0 Å². The number of aromatic nitrogens is 2. The number of piperidine rings is 1. The Bertz CT molecular complexity index is 1870. The molecule has 0 spiro atoms. The number of amides is 2. The largest absolute Gasteiger partial charge is 0.486 e. The van der Waals surface area contributed by atoms with Gasteiger partial charge >= 0.3 is 0 Å². The maximum atomic E-state index is 13.4. The number of hydrogen-bond donors (Lipinski definition) is 1. The smallest absolute Gasteiger partial charge is 0.256 e. The normalized spacial score (nSPS) is 14.0. The molecule has 0 atom stereocenters. The molecule has 6 rings (SSSR count). The minimum absolute atomic E-state index is 0.0305. The van der Waals surface area contributed by atoms with E-state index in [1.807, 2.05) is 104 Å². The van der Waals surface area contributed by atoms with Crippen LogP contribution in [0, 0.1) is 18.7 Å². The number of aryl methyl sites for hydroxylation is 1. The Morgan fingerprint density at radius 2 is 1.57 bits per heavy atom. The topological polar surface area (TPSA) is 76.5 Å². The van der Waals surface area contributed by atoms with Crippen molar-refractivity contribution in [3.8, 4) is 16.9 Å². The lowest BCUT2D eigenvalue weighted by Gasteiger charge is -2.32. The predicted molar refractivity (Wildman–Crippen MR) is 180 cm³/mol. The number of fused-ring (bicyclic) bond motifs is 1. The molecule has 0 saturated carbocycles. The van der Waals surface area contributed by atoms with Crippen LogP contribution in [0.15, 0.2) is 91.1 Å². The molecule has 236 valence electrons. The number of nitrogens with zero attached hydrogens (tertiary/aromatic N) is 3. The van der Waals surface area contributed by atoms with E-state index in [0.29, 0.717) is 41.6 Å². The first-order chi connectivity index (χ1) is 22.0. The van der Waals surface area contributed by atoms with Gasteiger partial charge in [-0.15, -0.1) is 0 Å². The summed E-state index contributed by atoms with van der Waals surface area (Å²) < 4.78 is 21.3. The number of ether oxygens (including phenoxy) is 1. The predicted octanol–water partition coefficient (Wildman–Crippen LogP) is 8.13. The van der Waals surface area contributed by atoms with Gasteiger partial charge in [-0.3, -0.25) is 14.3 Å². The van der Waals surface area contributed by atoms with Crippen LogP contribution in [-0.4, -0.2) is 45.2 Å². The van der Waals surface area contributed by atoms with Crippen LogP contribution in [0.1, 0.15) is 59.9 Å². The van der Waals surface area contributed by atoms with Crippen molar-refractivity contribution in [2.24, 2.45) is 5.92 Å². The molecule has 0 bridgehead atoms. The first-order valence-electron chi connectivity index (χ1n) is 15.8. The lowest BCUT2D eigenvalue weighted by atomic mass is 9.96. The summed E-state index contributed by atoms with van der Waals surface area (Å²) in [4.78, 5) is 28.5. The molecule has 2 amide bonds. The molecule has 1 aliphatic heterocycles. The standard InChI is InChI=1S/C38H39FN4O3/c1-25-31(36(44)40-34-7-5-6-8-35(34)46-38(2,3)4)17-18-33-32(25)24-43(41-33)23-26-19-21-42(22-20-26)37(45)29-11-9-27(10-12-29)28-13-15-30(39)16-14-28/h5-18,24,26H,19-23H2,1-4H3,(H,40,44). The first kappa shape index (κ1) is 31.0. The Kier molecular flexibility index (Phi) is 8.63. The Labute approximate surface area is 269 Å². The van der Waals surface area contributed by atoms with E-state index >= 15 is 0 Å². The molecule has 2 heterocycles. The third-order valence-corrected chi connectivity index (χ3v) is 8.46. The van der Waals surface area contributed by atoms with Crippen LogP contribution in [0.25, 0.3) is 22.0 Å². The molecule has 0 unspecified atom stereocenters. The second-order valence-corrected chi connectivity index (χ2v) is 13.0. The third kappa shape index (κ3) is 6.96. The number of carbonyl (C=O) groups excluding carboxylic acids is 2. The molecule has 5 aromatic rings. The summed E-state index contributed by atoms with van der Waals surface area (Å²) in [7, 11) is 0. The molecule has 1 saturated heterocycles. The molecule has 1 fully saturated rings. The van der Waals surface area contributed by atoms with Crippen LogP contribution in [-0.2, 0) is 6.54 Å². The molecule has 1 N–H and O–H groups in total. The van der Waals surface area contributed by atoms with Crippen molar-refractivity contribution in [1.29, 1.82) is 0 Å². The molecule has 0 aliphatic carbocycles. The summed E-state index contributed by atoms with van der Waals surface area (Å²) in [5, 5.41) is 8.79. The van der Waals surface area contributed by atoms with Crippen molar-refractivity contribution in [3.05, 3.63) is 114 Å². The van der Waals surface area contributed by atoms with Gasteiger partial charge in [0.2, 0.25) is 0 Å². The number of carbonyl (C=O) groups is 2. The third-order valence-electron chi connectivity index (χ3n) is 8.46. The molecule has 46 heavy (non-hydrogen) atoms. The van der Waals surface area contributed by atoms with Crippen molar-refractivity contribution in [2.75, 3.05) is 18.4 Å². The van der Waals surface area contributed by atoms with Crippen molar-refractivity contribution in [1.82, 2.24) is 14.7 Å². The van der Waals surface area contributed by atoms with Gasteiger partial charge in [0.15, 0.2) is 0 Å². The van der Waals surface area contributed by atoms with Gasteiger partial charge in [-0.25, -0.2) is 4.39 Å². The van der Waals surface area contributed by atoms with Crippen LogP contribution < -0.4 is 10.1 Å². The summed E-state index contributed by atoms with van der Waals surface area (Å²) in [6.07, 6.45) is 3.80. The van der Waals surface area contributed by atoms with Gasteiger partial charge in [-0.1, -0.05) is 36.4 Å². The summed E-state index contributed by atoms with van der Waals surface area (Å²) in [5.41, 5.74) is 5.07. The highest BCUT2D eigenvalue weighted by Crippen LogP contribution is 2.30. The maximum absolute atomic E-state index is 13.4. The molecular weight excluding hydrogens is 579 g/mol. The highest BCUT2D eigenvalue weighted by Gasteiger charge is 2.25. The van der Waals surface area contributed by atoms with Crippen LogP contribution in [0.4, 0.5) is 10.1 Å². The van der Waals surface area contributed by atoms with Crippen molar-refractivity contribution >= 4 is 28.4 Å². The molecule has 1 aliphatic rings. The van der Waals surface area contributed by atoms with Gasteiger partial charge in [0, 0.05) is 42.3 Å². The Morgan fingerprint density at radius 1 is 0.913 bits per heavy atom. The fourth-order valence-electron chi connectivity index (χ4n) is 6.01. The fourth-order valence-corrected chi connectivity index (χ4v) is 6.01. The van der Waals surface area contributed by atoms with Gasteiger partial charge < -0.3 is 15.0 Å². The number of anilines is 1. The number of nitrogens with one attached hydrogen (secondary N) is 1. The Hall–Kier alpha value is -4.98. The van der Waals surface area contributed by atoms with E-state index in [0.717, 1.165) is 47.0 Å². The quantitative estimate of drug-likeness (QED) is 0.200. The summed E-state index contributed by atoms with van der Waals surface area (Å²) >= 11 is 0. The summed E-state index contributed by atoms with van der Waals surface area (Å²) in [6, 6.07) is 25.0. The van der Waals surface area contributed by atoms with Crippen LogP contribution in [0.3, 0.4) is 0 Å². The number of halogens is 1. The van der Waals surface area contributed by atoms with E-state index in [1.54, 1.807) is 12.1 Å². The van der Waals surface area contributed by atoms with Crippen LogP contribution in [0.2, 0.25) is 0 Å². The molecular formula is C38H39FN4O3. The zero-order chi connectivity index (χ0) is 32.4. The van der Waals surface area contributed by atoms with E-state index in [1.165, 1.54) is 12.1 Å². The SMILES string of the molecule is Cc1c(C(=O)Nc2ccccc2OC(C)(C)C)ccc2nn(CC3CCN(C(=O)c4ccc(-c5ccc(F)cc5)cc4)CC3)cc12. The van der Waals surface area contributed by atoms with Gasteiger partial charge in [0.05, 0.1) is 11.2 Å². The minimum atomic E-state index is -0.393. The van der Waals surface area contributed by atoms with E-state index in [2.05, 4.69) is 5.32 Å². The first-order valence-corrected chi connectivity index (χ1v) is 15.8. The molecule has 1 aromatic heterocycles. The lowest BCUT2D eigenvalue weighted by Crippen LogP contribution is -2.39. The van der Waals surface area contributed by atoms with Crippen molar-refractivity contribution < 1.29 is 18.7 Å². The average molecular weight is 619 g/mol. The highest BCUT2D eigenvalue weighted by molar-refractivity contribution is 6.08. The maximum Gasteiger partial charge on any atom is 0.256 e. The molecule has 8 heteroatoms. The average Bonchev–Trinajstić information content (AvgIpc) is 3.45. The summed E-state index contributed by atoms with van der Waals surface area (Å²) in [5.74, 6) is 0.584. The van der Waals surface area contributed by atoms with E-state index in [4.69, 9.17) is 9.84 Å². The van der Waals surface area contributed by atoms with Crippen LogP contribution >= 0.6 is 0 Å². The zero-order valence-electron chi connectivity index (χ0n) is 26.7. The van der Waals surface area contributed by atoms with E-state index in [9.17, 15) is 14.0 Å². The summed E-state index contributed by atoms with van der Waals surface area (Å²) in [6.45, 7) is 10.0. The Balaban J connectivity index is 1.07. The van der Waals surface area contributed by atoms with Gasteiger partial charge in [0.25, 0.3) is 11.8 Å². The number of benzene rings is 4. The monoisotopic (exact) mass is 618 g/mol. The number of para-hydroxylation sites is 2. The van der Waals surface area contributed by atoms with E-state index in [-0.39, 0.29) is 17.6 Å². The molecule has 7 nitrogen and oxygen atoms in total. The zero-order valence-corrected chi connectivity index (χ0v) is 26.7. The number of hydrogen-bond acceptors (Lipinski definition) is 4. The highest BCUT2D eigenvalue weighted by atomic mass is 19.1. The van der Waals surface area contributed by atoms with Gasteiger partial charge in [0.1, 0.15) is 17.2 Å². The van der Waals surface area contributed by atoms with Gasteiger partial charge in [-0.2, -0.15) is 5.10 Å². The second-order valence-electron chi connectivity index (χ2n) is 13.0. The lowest BCUT2D eigenvalue weighted by molar-refractivity contribution is 0.0681. The Morgan fingerprint density at radius 3 is 2.24 bits per heavy atom.